The first-order valence-electron chi connectivity index (χ1n) is 18.2. The van der Waals surface area contributed by atoms with Gasteiger partial charge >= 0.3 is 5.97 Å². The van der Waals surface area contributed by atoms with Crippen LogP contribution in [0.3, 0.4) is 0 Å². The average Bonchev–Trinajstić information content (AvgIpc) is 3.59. The van der Waals surface area contributed by atoms with Crippen LogP contribution < -0.4 is 16.2 Å². The summed E-state index contributed by atoms with van der Waals surface area (Å²) in [6, 6.07) is 14.2. The number of carbonyl (C=O) groups excluding carboxylic acids is 1. The first-order chi connectivity index (χ1) is 24.7. The van der Waals surface area contributed by atoms with Crippen LogP contribution in [-0.4, -0.2) is 68.2 Å². The van der Waals surface area contributed by atoms with Crippen molar-refractivity contribution in [3.05, 3.63) is 86.6 Å². The van der Waals surface area contributed by atoms with Crippen LogP contribution in [0.25, 0.3) is 10.9 Å². The molecule has 6 N–H and O–H groups in total. The van der Waals surface area contributed by atoms with Gasteiger partial charge < -0.3 is 35.8 Å². The molecule has 270 valence electrons. The fourth-order valence-corrected chi connectivity index (χ4v) is 9.87. The standard InChI is InChI=1S/C39H47N5O6S/c45-32-12-10-28(29-11-13-35(48)42-36(29)32)33(46)22-40-20-27-21-41-38(51-27)43-34(47)9-4-6-24-5-3-7-26(19-24)39(37(49)50)16-2-1-8-31(39)30-23-44-17-14-25(30)15-18-44/h3,5,7,10-13,19,21,25,30-31,33,40,45-46H,1-2,4,6,8-9,14-18,20,22-23H2,(H,42,48)(H,49,50)(H,41,43,47)/t30?,31?,33-,39?/m0/s1. The number of aliphatic hydroxyl groups is 1. The Labute approximate surface area is 301 Å². The summed E-state index contributed by atoms with van der Waals surface area (Å²) in [6.45, 7) is 3.99. The van der Waals surface area contributed by atoms with Crippen molar-refractivity contribution < 1.29 is 24.9 Å². The number of anilines is 1. The normalized spacial score (nSPS) is 25.1. The molecule has 4 aliphatic rings. The topological polar surface area (TPSA) is 168 Å². The first-order valence-corrected chi connectivity index (χ1v) is 19.1. The van der Waals surface area contributed by atoms with Crippen LogP contribution in [0.4, 0.5) is 5.13 Å². The highest BCUT2D eigenvalue weighted by Crippen LogP contribution is 2.52. The van der Waals surface area contributed by atoms with E-state index in [0.29, 0.717) is 60.1 Å². The van der Waals surface area contributed by atoms with Crippen molar-refractivity contribution in [2.75, 3.05) is 31.5 Å². The predicted octanol–water partition coefficient (Wildman–Crippen LogP) is 5.33. The quantitative estimate of drug-likeness (QED) is 0.107. The van der Waals surface area contributed by atoms with E-state index in [1.54, 1.807) is 18.3 Å². The number of thiazole rings is 1. The molecule has 8 rings (SSSR count). The van der Waals surface area contributed by atoms with E-state index in [0.717, 1.165) is 54.9 Å². The molecule has 1 aliphatic carbocycles. The Balaban J connectivity index is 0.910. The molecule has 51 heavy (non-hydrogen) atoms. The minimum atomic E-state index is -0.879. The summed E-state index contributed by atoms with van der Waals surface area (Å²) in [5, 5.41) is 39.0. The molecule has 3 aliphatic heterocycles. The number of phenols is 1. The van der Waals surface area contributed by atoms with E-state index in [1.807, 2.05) is 18.2 Å². The van der Waals surface area contributed by atoms with Crippen LogP contribution in [0.1, 0.15) is 79.0 Å². The molecular formula is C39H47N5O6S. The van der Waals surface area contributed by atoms with Gasteiger partial charge in [0.15, 0.2) is 5.13 Å². The van der Waals surface area contributed by atoms with E-state index in [9.17, 15) is 29.7 Å². The lowest BCUT2D eigenvalue weighted by molar-refractivity contribution is -0.151. The number of hydrogen-bond donors (Lipinski definition) is 6. The number of amides is 1. The van der Waals surface area contributed by atoms with E-state index < -0.39 is 17.5 Å². The van der Waals surface area contributed by atoms with E-state index in [4.69, 9.17) is 0 Å². The molecule has 12 heteroatoms. The lowest BCUT2D eigenvalue weighted by Crippen LogP contribution is -2.56. The highest BCUT2D eigenvalue weighted by Gasteiger charge is 2.54. The maximum atomic E-state index is 13.2. The fourth-order valence-electron chi connectivity index (χ4n) is 9.07. The van der Waals surface area contributed by atoms with Gasteiger partial charge in [-0.25, -0.2) is 4.98 Å². The first kappa shape index (κ1) is 35.3. The number of benzene rings is 2. The minimum Gasteiger partial charge on any atom is -0.506 e. The smallest absolute Gasteiger partial charge is 0.314 e. The van der Waals surface area contributed by atoms with E-state index in [1.165, 1.54) is 36.3 Å². The maximum Gasteiger partial charge on any atom is 0.314 e. The number of aliphatic carboxylic acids is 1. The maximum absolute atomic E-state index is 13.2. The number of piperidine rings is 3. The Kier molecular flexibility index (Phi) is 10.6. The van der Waals surface area contributed by atoms with Crippen LogP contribution in [0, 0.1) is 17.8 Å². The lowest BCUT2D eigenvalue weighted by Gasteiger charge is -2.53. The van der Waals surface area contributed by atoms with Crippen molar-refractivity contribution in [1.29, 1.82) is 0 Å². The number of aromatic nitrogens is 2. The number of nitrogens with one attached hydrogen (secondary N) is 3. The van der Waals surface area contributed by atoms with Crippen molar-refractivity contribution in [1.82, 2.24) is 20.2 Å². The van der Waals surface area contributed by atoms with Crippen molar-refractivity contribution >= 4 is 39.2 Å². The van der Waals surface area contributed by atoms with E-state index in [2.05, 4.69) is 31.6 Å². The van der Waals surface area contributed by atoms with E-state index in [-0.39, 0.29) is 35.2 Å². The summed E-state index contributed by atoms with van der Waals surface area (Å²) in [5.74, 6) is 0.350. The molecule has 2 aromatic carbocycles. The van der Waals surface area contributed by atoms with Gasteiger partial charge in [0.25, 0.3) is 0 Å². The number of carbonyl (C=O) groups is 2. The number of aryl methyl sites for hydroxylation is 1. The molecule has 3 unspecified atom stereocenters. The third-order valence-electron chi connectivity index (χ3n) is 11.6. The zero-order valence-corrected chi connectivity index (χ0v) is 29.6. The average molecular weight is 714 g/mol. The number of phenolic OH excluding ortho intramolecular Hbond substituents is 1. The third-order valence-corrected chi connectivity index (χ3v) is 12.5. The van der Waals surface area contributed by atoms with Crippen LogP contribution in [0.5, 0.6) is 5.75 Å². The van der Waals surface area contributed by atoms with Crippen LogP contribution in [0.15, 0.2) is 59.5 Å². The zero-order chi connectivity index (χ0) is 35.5. The van der Waals surface area contributed by atoms with Gasteiger partial charge in [-0.2, -0.15) is 0 Å². The highest BCUT2D eigenvalue weighted by atomic mass is 32.1. The number of H-pyrrole nitrogens is 1. The second kappa shape index (κ2) is 15.2. The second-order valence-electron chi connectivity index (χ2n) is 14.6. The number of rotatable bonds is 13. The van der Waals surface area contributed by atoms with Crippen molar-refractivity contribution in [2.24, 2.45) is 17.8 Å². The summed E-state index contributed by atoms with van der Waals surface area (Å²) in [6.07, 6.45) is 8.53. The molecule has 4 atom stereocenters. The Morgan fingerprint density at radius 3 is 2.73 bits per heavy atom. The lowest BCUT2D eigenvalue weighted by atomic mass is 9.55. The molecule has 11 nitrogen and oxygen atoms in total. The number of pyridine rings is 1. The molecule has 5 heterocycles. The van der Waals surface area contributed by atoms with Crippen molar-refractivity contribution in [3.8, 4) is 5.75 Å². The summed E-state index contributed by atoms with van der Waals surface area (Å²) in [5.41, 5.74) is 1.68. The number of aliphatic hydroxyl groups excluding tert-OH is 1. The summed E-state index contributed by atoms with van der Waals surface area (Å²) in [7, 11) is 0. The number of fused-ring (bicyclic) bond motifs is 4. The Morgan fingerprint density at radius 2 is 1.94 bits per heavy atom. The highest BCUT2D eigenvalue weighted by molar-refractivity contribution is 7.15. The van der Waals surface area contributed by atoms with Gasteiger partial charge in [-0.1, -0.05) is 43.2 Å². The molecule has 1 saturated carbocycles. The van der Waals surface area contributed by atoms with Crippen LogP contribution in [0.2, 0.25) is 0 Å². The molecule has 2 aromatic heterocycles. The molecular weight excluding hydrogens is 667 g/mol. The van der Waals surface area contributed by atoms with E-state index >= 15 is 0 Å². The van der Waals surface area contributed by atoms with Gasteiger partial charge in [0.05, 0.1) is 17.0 Å². The minimum absolute atomic E-state index is 0.0592. The number of nitrogens with zero attached hydrogens (tertiary/aromatic N) is 2. The van der Waals surface area contributed by atoms with Gasteiger partial charge in [0, 0.05) is 48.6 Å². The largest absolute Gasteiger partial charge is 0.506 e. The van der Waals surface area contributed by atoms with Crippen LogP contribution in [-0.2, 0) is 28.0 Å². The van der Waals surface area contributed by atoms with Crippen molar-refractivity contribution in [2.45, 2.75) is 75.9 Å². The molecule has 4 fully saturated rings. The fraction of sp³-hybridized carbons (Fsp3) is 0.487. The summed E-state index contributed by atoms with van der Waals surface area (Å²) in [4.78, 5) is 48.2. The molecule has 1 amide bonds. The Morgan fingerprint density at radius 1 is 1.10 bits per heavy atom. The third kappa shape index (κ3) is 7.46. The van der Waals surface area contributed by atoms with Crippen molar-refractivity contribution in [3.63, 3.8) is 0 Å². The number of carboxylic acid groups (broad SMARTS) is 1. The zero-order valence-electron chi connectivity index (χ0n) is 28.8. The molecule has 3 saturated heterocycles. The molecule has 2 bridgehead atoms. The number of carboxylic acids is 1. The van der Waals surface area contributed by atoms with Gasteiger partial charge in [-0.05, 0) is 98.2 Å². The monoisotopic (exact) mass is 713 g/mol. The summed E-state index contributed by atoms with van der Waals surface area (Å²) >= 11 is 1.36. The summed E-state index contributed by atoms with van der Waals surface area (Å²) < 4.78 is 0. The Hall–Kier alpha value is -4.10. The number of hydrogen-bond acceptors (Lipinski definition) is 9. The molecule has 4 aromatic rings. The molecule has 0 spiro atoms. The van der Waals surface area contributed by atoms with Gasteiger partial charge in [-0.15, -0.1) is 11.3 Å². The van der Waals surface area contributed by atoms with Gasteiger partial charge in [-0.3, -0.25) is 14.4 Å². The Bertz CT molecular complexity index is 1940. The van der Waals surface area contributed by atoms with Crippen LogP contribution >= 0.6 is 11.3 Å². The number of aromatic amines is 1. The number of aromatic hydroxyl groups is 1. The second-order valence-corrected chi connectivity index (χ2v) is 15.7. The molecule has 0 radical (unpaired) electrons. The SMILES string of the molecule is O=C(CCCc1cccc(C2(C(=O)O)CCCCC2C2CN3CCC2CC3)c1)Nc1ncc(CNC[C@H](O)c2ccc(O)c3[nH]c(=O)ccc23)s1. The van der Waals surface area contributed by atoms with Gasteiger partial charge in [0.1, 0.15) is 5.75 Å². The van der Waals surface area contributed by atoms with Gasteiger partial charge in [0.2, 0.25) is 11.5 Å². The predicted molar refractivity (Wildman–Crippen MR) is 197 cm³/mol.